The molecule has 0 N–H and O–H groups in total. The van der Waals surface area contributed by atoms with Gasteiger partial charge in [0.15, 0.2) is 0 Å². The maximum absolute atomic E-state index is 12.9. The summed E-state index contributed by atoms with van der Waals surface area (Å²) in [6.07, 6.45) is 2.14. The normalized spacial score (nSPS) is 15.5. The number of benzene rings is 1. The summed E-state index contributed by atoms with van der Waals surface area (Å²) in [5.74, 6) is 0.510. The highest BCUT2D eigenvalue weighted by molar-refractivity contribution is 6.00. The van der Waals surface area contributed by atoms with Crippen molar-refractivity contribution < 1.29 is 9.72 Å². The van der Waals surface area contributed by atoms with Gasteiger partial charge in [0.1, 0.15) is 0 Å². The molecule has 0 spiro atoms. The van der Waals surface area contributed by atoms with Crippen LogP contribution in [0.15, 0.2) is 18.2 Å². The van der Waals surface area contributed by atoms with E-state index in [2.05, 4.69) is 11.8 Å². The van der Waals surface area contributed by atoms with Gasteiger partial charge >= 0.3 is 0 Å². The number of non-ortho nitro benzene ring substituents is 1. The van der Waals surface area contributed by atoms with Crippen molar-refractivity contribution in [3.8, 4) is 0 Å². The third-order valence-corrected chi connectivity index (χ3v) is 4.78. The molecule has 0 aromatic heterocycles. The van der Waals surface area contributed by atoms with E-state index < -0.39 is 4.92 Å². The Bertz CT molecular complexity index is 625. The van der Waals surface area contributed by atoms with Crippen molar-refractivity contribution in [3.63, 3.8) is 0 Å². The van der Waals surface area contributed by atoms with E-state index >= 15 is 0 Å². The molecule has 1 aromatic rings. The molecule has 1 amide bonds. The van der Waals surface area contributed by atoms with Crippen LogP contribution < -0.4 is 4.90 Å². The third-order valence-electron chi connectivity index (χ3n) is 4.78. The zero-order valence-electron chi connectivity index (χ0n) is 15.6. The lowest BCUT2D eigenvalue weighted by Crippen LogP contribution is -2.37. The highest BCUT2D eigenvalue weighted by Crippen LogP contribution is 2.30. The Morgan fingerprint density at radius 2 is 1.88 bits per heavy atom. The van der Waals surface area contributed by atoms with Gasteiger partial charge in [0.05, 0.1) is 16.2 Å². The zero-order valence-corrected chi connectivity index (χ0v) is 15.6. The van der Waals surface area contributed by atoms with E-state index in [1.54, 1.807) is 18.0 Å². The number of hydrogen-bond acceptors (Lipinski definition) is 5. The molecule has 0 unspecified atom stereocenters. The predicted molar refractivity (Wildman–Crippen MR) is 99.2 cm³/mol. The minimum absolute atomic E-state index is 0.0431. The Labute approximate surface area is 149 Å². The molecule has 0 aliphatic carbocycles. The molecule has 1 heterocycles. The number of nitrogens with zero attached hydrogens (tertiary/aromatic N) is 4. The summed E-state index contributed by atoms with van der Waals surface area (Å²) >= 11 is 0. The second-order valence-corrected chi connectivity index (χ2v) is 7.16. The summed E-state index contributed by atoms with van der Waals surface area (Å²) < 4.78 is 0. The van der Waals surface area contributed by atoms with Gasteiger partial charge in [-0.3, -0.25) is 14.9 Å². The predicted octanol–water partition coefficient (Wildman–Crippen LogP) is 2.46. The fraction of sp³-hybridized carbons (Fsp3) is 0.611. The van der Waals surface area contributed by atoms with Crippen molar-refractivity contribution in [1.82, 2.24) is 9.80 Å². The number of amides is 1. The maximum Gasteiger partial charge on any atom is 0.270 e. The van der Waals surface area contributed by atoms with Crippen LogP contribution in [0.1, 0.15) is 30.1 Å². The van der Waals surface area contributed by atoms with Gasteiger partial charge in [-0.15, -0.1) is 0 Å². The van der Waals surface area contributed by atoms with Gasteiger partial charge in [-0.05, 0) is 38.9 Å². The van der Waals surface area contributed by atoms with Crippen LogP contribution in [0.4, 0.5) is 11.4 Å². The van der Waals surface area contributed by atoms with Crippen LogP contribution in [-0.2, 0) is 0 Å². The van der Waals surface area contributed by atoms with Crippen LogP contribution >= 0.6 is 0 Å². The number of likely N-dealkylation sites (N-methyl/N-ethyl adjacent to an activating group) is 2. The highest BCUT2D eigenvalue weighted by Gasteiger charge is 2.25. The van der Waals surface area contributed by atoms with Gasteiger partial charge in [-0.25, -0.2) is 0 Å². The third kappa shape index (κ3) is 4.92. The topological polar surface area (TPSA) is 69.9 Å². The van der Waals surface area contributed by atoms with Crippen LogP contribution in [0.25, 0.3) is 0 Å². The first-order chi connectivity index (χ1) is 11.8. The van der Waals surface area contributed by atoms with Crippen LogP contribution in [0.2, 0.25) is 0 Å². The zero-order chi connectivity index (χ0) is 18.6. The number of carbonyl (C=O) groups excluding carboxylic acids is 1. The van der Waals surface area contributed by atoms with Crippen molar-refractivity contribution in [2.75, 3.05) is 52.2 Å². The Kier molecular flexibility index (Phi) is 6.36. The van der Waals surface area contributed by atoms with Gasteiger partial charge in [0.2, 0.25) is 0 Å². The second kappa shape index (κ2) is 8.29. The number of rotatable bonds is 6. The summed E-state index contributed by atoms with van der Waals surface area (Å²) in [5, 5.41) is 11.2. The van der Waals surface area contributed by atoms with Crippen LogP contribution in [-0.4, -0.2) is 68.0 Å². The summed E-state index contributed by atoms with van der Waals surface area (Å²) in [5.41, 5.74) is 1.18. The van der Waals surface area contributed by atoms with E-state index in [4.69, 9.17) is 0 Å². The van der Waals surface area contributed by atoms with E-state index in [1.807, 2.05) is 19.0 Å². The average molecular weight is 348 g/mol. The average Bonchev–Trinajstić information content (AvgIpc) is 2.59. The van der Waals surface area contributed by atoms with Crippen molar-refractivity contribution >= 4 is 17.3 Å². The molecule has 0 saturated carbocycles. The Hall–Kier alpha value is -2.15. The number of carbonyl (C=O) groups is 1. The van der Waals surface area contributed by atoms with Gasteiger partial charge in [0, 0.05) is 45.4 Å². The molecule has 1 fully saturated rings. The highest BCUT2D eigenvalue weighted by atomic mass is 16.6. The molecule has 0 bridgehead atoms. The first-order valence-electron chi connectivity index (χ1n) is 8.73. The van der Waals surface area contributed by atoms with E-state index in [-0.39, 0.29) is 11.6 Å². The molecule has 1 aliphatic rings. The van der Waals surface area contributed by atoms with E-state index in [9.17, 15) is 14.9 Å². The molecule has 1 aliphatic heterocycles. The molecule has 7 heteroatoms. The van der Waals surface area contributed by atoms with Gasteiger partial charge in [-0.2, -0.15) is 0 Å². The SMILES string of the molecule is CC1CCN(c2ccc([N+](=O)[O-])cc2C(=O)N(C)CCN(C)C)CC1. The fourth-order valence-electron chi connectivity index (χ4n) is 2.99. The molecule has 138 valence electrons. The standard InChI is InChI=1S/C18H28N4O3/c1-14-7-9-21(10-8-14)17-6-5-15(22(24)25)13-16(17)18(23)20(4)12-11-19(2)3/h5-6,13-14H,7-12H2,1-4H3. The van der Waals surface area contributed by atoms with Crippen LogP contribution in [0.5, 0.6) is 0 Å². The van der Waals surface area contributed by atoms with E-state index in [0.717, 1.165) is 38.2 Å². The summed E-state index contributed by atoms with van der Waals surface area (Å²) in [6.45, 7) is 5.30. The number of anilines is 1. The monoisotopic (exact) mass is 348 g/mol. The van der Waals surface area contributed by atoms with E-state index in [0.29, 0.717) is 18.0 Å². The largest absolute Gasteiger partial charge is 0.371 e. The van der Waals surface area contributed by atoms with Crippen molar-refractivity contribution in [2.24, 2.45) is 5.92 Å². The quantitative estimate of drug-likeness (QED) is 0.583. The summed E-state index contributed by atoms with van der Waals surface area (Å²) in [4.78, 5) is 29.4. The van der Waals surface area contributed by atoms with Gasteiger partial charge in [-0.1, -0.05) is 6.92 Å². The first-order valence-corrected chi connectivity index (χ1v) is 8.73. The first kappa shape index (κ1) is 19.2. The van der Waals surface area contributed by atoms with Crippen molar-refractivity contribution in [2.45, 2.75) is 19.8 Å². The fourth-order valence-corrected chi connectivity index (χ4v) is 2.99. The number of piperidine rings is 1. The molecule has 7 nitrogen and oxygen atoms in total. The minimum Gasteiger partial charge on any atom is -0.371 e. The maximum atomic E-state index is 12.9. The van der Waals surface area contributed by atoms with Gasteiger partial charge < -0.3 is 14.7 Å². The molecule has 1 saturated heterocycles. The summed E-state index contributed by atoms with van der Waals surface area (Å²) in [7, 11) is 5.64. The molecule has 1 aromatic carbocycles. The molecule has 2 rings (SSSR count). The lowest BCUT2D eigenvalue weighted by molar-refractivity contribution is -0.384. The molecule has 0 radical (unpaired) electrons. The number of hydrogen-bond donors (Lipinski definition) is 0. The second-order valence-electron chi connectivity index (χ2n) is 7.16. The van der Waals surface area contributed by atoms with Crippen LogP contribution in [0, 0.1) is 16.0 Å². The van der Waals surface area contributed by atoms with Gasteiger partial charge in [0.25, 0.3) is 11.6 Å². The van der Waals surface area contributed by atoms with Crippen molar-refractivity contribution in [1.29, 1.82) is 0 Å². The van der Waals surface area contributed by atoms with Crippen LogP contribution in [0.3, 0.4) is 0 Å². The summed E-state index contributed by atoms with van der Waals surface area (Å²) in [6, 6.07) is 4.63. The molecular weight excluding hydrogens is 320 g/mol. The minimum atomic E-state index is -0.446. The number of nitro benzene ring substituents is 1. The lowest BCUT2D eigenvalue weighted by atomic mass is 9.97. The number of nitro groups is 1. The smallest absolute Gasteiger partial charge is 0.270 e. The Balaban J connectivity index is 2.30. The molecular formula is C18H28N4O3. The van der Waals surface area contributed by atoms with Crippen molar-refractivity contribution in [3.05, 3.63) is 33.9 Å². The molecule has 0 atom stereocenters. The Morgan fingerprint density at radius 1 is 1.24 bits per heavy atom. The van der Waals surface area contributed by atoms with E-state index in [1.165, 1.54) is 12.1 Å². The molecule has 25 heavy (non-hydrogen) atoms. The Morgan fingerprint density at radius 3 is 2.44 bits per heavy atom. The lowest BCUT2D eigenvalue weighted by Gasteiger charge is -2.33.